The number of hydrogen-bond acceptors (Lipinski definition) is 1. The van der Waals surface area contributed by atoms with Gasteiger partial charge < -0.3 is 9.88 Å². The molecule has 0 aromatic carbocycles. The molecule has 0 spiro atoms. The van der Waals surface area contributed by atoms with Crippen LogP contribution in [0, 0.1) is 0 Å². The lowest BCUT2D eigenvalue weighted by molar-refractivity contribution is 0.0914. The Balaban J connectivity index is 2.45. The van der Waals surface area contributed by atoms with Gasteiger partial charge in [0.05, 0.1) is 6.04 Å². The van der Waals surface area contributed by atoms with Crippen LogP contribution in [0.4, 0.5) is 0 Å². The molecule has 1 N–H and O–H groups in total. The fourth-order valence-electron chi connectivity index (χ4n) is 2.32. The third-order valence-corrected chi connectivity index (χ3v) is 3.37. The first kappa shape index (κ1) is 13.0. The van der Waals surface area contributed by atoms with Crippen molar-refractivity contribution in [2.45, 2.75) is 19.4 Å². The molecule has 1 unspecified atom stereocenters. The SMILES string of the molecule is C=C(C=CC)c1ccc2n1C(CCCl)CNC2=O. The maximum atomic E-state index is 11.8. The first-order valence-electron chi connectivity index (χ1n) is 6.06. The van der Waals surface area contributed by atoms with Gasteiger partial charge in [0.2, 0.25) is 0 Å². The first-order valence-corrected chi connectivity index (χ1v) is 6.59. The van der Waals surface area contributed by atoms with Crippen LogP contribution >= 0.6 is 11.6 Å². The highest BCUT2D eigenvalue weighted by Crippen LogP contribution is 2.27. The van der Waals surface area contributed by atoms with Crippen LogP contribution in [0.1, 0.15) is 35.6 Å². The summed E-state index contributed by atoms with van der Waals surface area (Å²) in [6.07, 6.45) is 4.73. The van der Waals surface area contributed by atoms with Crippen LogP contribution in [0.25, 0.3) is 5.57 Å². The number of carbonyl (C=O) groups excluding carboxylic acids is 1. The molecule has 1 aromatic rings. The third kappa shape index (κ3) is 2.23. The van der Waals surface area contributed by atoms with E-state index >= 15 is 0 Å². The highest BCUT2D eigenvalue weighted by Gasteiger charge is 2.26. The smallest absolute Gasteiger partial charge is 0.268 e. The molecule has 0 aliphatic carbocycles. The topological polar surface area (TPSA) is 34.0 Å². The molecule has 1 amide bonds. The minimum atomic E-state index is -0.0275. The molecule has 96 valence electrons. The van der Waals surface area contributed by atoms with Crippen molar-refractivity contribution in [3.8, 4) is 0 Å². The number of halogens is 1. The van der Waals surface area contributed by atoms with E-state index in [1.165, 1.54) is 0 Å². The normalized spacial score (nSPS) is 18.8. The summed E-state index contributed by atoms with van der Waals surface area (Å²) in [5, 5.41) is 2.89. The second-order valence-corrected chi connectivity index (χ2v) is 4.72. The van der Waals surface area contributed by atoms with Crippen molar-refractivity contribution in [2.24, 2.45) is 0 Å². The van der Waals surface area contributed by atoms with E-state index in [4.69, 9.17) is 11.6 Å². The lowest BCUT2D eigenvalue weighted by atomic mass is 10.1. The van der Waals surface area contributed by atoms with Gasteiger partial charge in [-0.15, -0.1) is 11.6 Å². The number of hydrogen-bond donors (Lipinski definition) is 1. The minimum Gasteiger partial charge on any atom is -0.349 e. The average molecular weight is 265 g/mol. The molecule has 0 saturated carbocycles. The van der Waals surface area contributed by atoms with Crippen molar-refractivity contribution in [3.63, 3.8) is 0 Å². The largest absolute Gasteiger partial charge is 0.349 e. The van der Waals surface area contributed by atoms with E-state index in [1.54, 1.807) is 0 Å². The van der Waals surface area contributed by atoms with Crippen LogP contribution in [0.3, 0.4) is 0 Å². The van der Waals surface area contributed by atoms with Crippen molar-refractivity contribution in [1.29, 1.82) is 0 Å². The second-order valence-electron chi connectivity index (χ2n) is 4.34. The Morgan fingerprint density at radius 2 is 2.44 bits per heavy atom. The number of fused-ring (bicyclic) bond motifs is 1. The lowest BCUT2D eigenvalue weighted by Gasteiger charge is -2.28. The Bertz CT molecular complexity index is 502. The monoisotopic (exact) mass is 264 g/mol. The van der Waals surface area contributed by atoms with E-state index in [9.17, 15) is 4.79 Å². The molecular formula is C14H17ClN2O. The number of rotatable bonds is 4. The Hall–Kier alpha value is -1.48. The zero-order valence-corrected chi connectivity index (χ0v) is 11.2. The number of alkyl halides is 1. The molecule has 1 aromatic heterocycles. The molecule has 3 nitrogen and oxygen atoms in total. The van der Waals surface area contributed by atoms with Gasteiger partial charge >= 0.3 is 0 Å². The van der Waals surface area contributed by atoms with Gasteiger partial charge in [0.15, 0.2) is 0 Å². The van der Waals surface area contributed by atoms with Crippen LogP contribution in [0.2, 0.25) is 0 Å². The maximum Gasteiger partial charge on any atom is 0.268 e. The summed E-state index contributed by atoms with van der Waals surface area (Å²) in [7, 11) is 0. The van der Waals surface area contributed by atoms with Gasteiger partial charge in [-0.2, -0.15) is 0 Å². The zero-order valence-electron chi connectivity index (χ0n) is 10.4. The Morgan fingerprint density at radius 3 is 3.11 bits per heavy atom. The van der Waals surface area contributed by atoms with Crippen LogP contribution in [0.5, 0.6) is 0 Å². The van der Waals surface area contributed by atoms with Gasteiger partial charge in [0, 0.05) is 18.1 Å². The fourth-order valence-corrected chi connectivity index (χ4v) is 2.58. The number of aromatic nitrogens is 1. The Morgan fingerprint density at radius 1 is 1.67 bits per heavy atom. The van der Waals surface area contributed by atoms with E-state index in [0.29, 0.717) is 18.1 Å². The zero-order chi connectivity index (χ0) is 13.1. The number of allylic oxidation sites excluding steroid dienone is 3. The van der Waals surface area contributed by atoms with Crippen molar-refractivity contribution in [1.82, 2.24) is 9.88 Å². The fraction of sp³-hybridized carbons (Fsp3) is 0.357. The summed E-state index contributed by atoms with van der Waals surface area (Å²) in [6.45, 7) is 6.62. The second kappa shape index (κ2) is 5.44. The summed E-state index contributed by atoms with van der Waals surface area (Å²) in [5.41, 5.74) is 2.60. The standard InChI is InChI=1S/C14H17ClN2O/c1-3-4-10(2)12-5-6-13-14(18)16-9-11(7-8-15)17(12)13/h3-6,11H,2,7-9H2,1H3,(H,16,18). The summed E-state index contributed by atoms with van der Waals surface area (Å²) in [6, 6.07) is 4.01. The van der Waals surface area contributed by atoms with Gasteiger partial charge in [0.25, 0.3) is 5.91 Å². The summed E-state index contributed by atoms with van der Waals surface area (Å²) in [5.74, 6) is 0.550. The summed E-state index contributed by atoms with van der Waals surface area (Å²) in [4.78, 5) is 11.8. The minimum absolute atomic E-state index is 0.0275. The van der Waals surface area contributed by atoms with Crippen LogP contribution in [-0.4, -0.2) is 22.9 Å². The Labute approximate surface area is 112 Å². The molecule has 0 saturated heterocycles. The molecule has 18 heavy (non-hydrogen) atoms. The van der Waals surface area contributed by atoms with Gasteiger partial charge in [-0.1, -0.05) is 18.7 Å². The van der Waals surface area contributed by atoms with Gasteiger partial charge in [-0.05, 0) is 31.1 Å². The molecule has 1 atom stereocenters. The molecule has 1 aliphatic heterocycles. The molecule has 2 rings (SSSR count). The molecule has 1 aliphatic rings. The number of nitrogens with one attached hydrogen (secondary N) is 1. The molecule has 4 heteroatoms. The molecule has 0 radical (unpaired) electrons. The van der Waals surface area contributed by atoms with E-state index < -0.39 is 0 Å². The third-order valence-electron chi connectivity index (χ3n) is 3.15. The van der Waals surface area contributed by atoms with E-state index in [0.717, 1.165) is 17.7 Å². The quantitative estimate of drug-likeness (QED) is 0.658. The van der Waals surface area contributed by atoms with E-state index in [-0.39, 0.29) is 11.9 Å². The molecule has 0 bridgehead atoms. The predicted molar refractivity (Wildman–Crippen MR) is 75.0 cm³/mol. The molecule has 2 heterocycles. The number of carbonyl (C=O) groups is 1. The number of nitrogens with zero attached hydrogens (tertiary/aromatic N) is 1. The molecular weight excluding hydrogens is 248 g/mol. The van der Waals surface area contributed by atoms with Crippen LogP contribution in [0.15, 0.2) is 30.9 Å². The van der Waals surface area contributed by atoms with E-state index in [2.05, 4.69) is 16.5 Å². The average Bonchev–Trinajstić information content (AvgIpc) is 2.79. The number of amides is 1. The highest BCUT2D eigenvalue weighted by atomic mass is 35.5. The van der Waals surface area contributed by atoms with Crippen LogP contribution < -0.4 is 5.32 Å². The Kier molecular flexibility index (Phi) is 3.92. The molecule has 0 fully saturated rings. The maximum absolute atomic E-state index is 11.8. The van der Waals surface area contributed by atoms with Crippen molar-refractivity contribution >= 4 is 23.1 Å². The van der Waals surface area contributed by atoms with Gasteiger partial charge in [-0.25, -0.2) is 0 Å². The van der Waals surface area contributed by atoms with Crippen molar-refractivity contribution < 1.29 is 4.79 Å². The highest BCUT2D eigenvalue weighted by molar-refractivity contribution is 6.17. The lowest BCUT2D eigenvalue weighted by Crippen LogP contribution is -2.39. The van der Waals surface area contributed by atoms with Gasteiger partial charge in [-0.3, -0.25) is 4.79 Å². The summed E-state index contributed by atoms with van der Waals surface area (Å²) >= 11 is 5.84. The van der Waals surface area contributed by atoms with E-state index in [1.807, 2.05) is 31.2 Å². The first-order chi connectivity index (χ1) is 8.69. The summed E-state index contributed by atoms with van der Waals surface area (Å²) < 4.78 is 2.06. The predicted octanol–water partition coefficient (Wildman–Crippen LogP) is 2.99. The van der Waals surface area contributed by atoms with Gasteiger partial charge in [0.1, 0.15) is 5.69 Å². The van der Waals surface area contributed by atoms with Crippen molar-refractivity contribution in [2.75, 3.05) is 12.4 Å². The van der Waals surface area contributed by atoms with Crippen molar-refractivity contribution in [3.05, 3.63) is 42.3 Å². The van der Waals surface area contributed by atoms with Crippen LogP contribution in [-0.2, 0) is 0 Å².